The fourth-order valence-electron chi connectivity index (χ4n) is 2.11. The van der Waals surface area contributed by atoms with Crippen molar-refractivity contribution in [3.8, 4) is 0 Å². The van der Waals surface area contributed by atoms with Crippen LogP contribution in [-0.4, -0.2) is 24.3 Å². The Morgan fingerprint density at radius 3 is 2.88 bits per heavy atom. The summed E-state index contributed by atoms with van der Waals surface area (Å²) in [6, 6.07) is 8.44. The van der Waals surface area contributed by atoms with Crippen molar-refractivity contribution in [1.82, 2.24) is 5.06 Å². The fourth-order valence-corrected chi connectivity index (χ4v) is 2.53. The molecule has 0 aliphatic carbocycles. The summed E-state index contributed by atoms with van der Waals surface area (Å²) in [5.41, 5.74) is 7.26. The average Bonchev–Trinajstić information content (AvgIpc) is 2.71. The Balaban J connectivity index is 2.24. The first kappa shape index (κ1) is 12.0. The number of halogens is 1. The molecule has 1 aromatic carbocycles. The maximum Gasteiger partial charge on any atom is 0.0750 e. The normalized spacial score (nSPS) is 20.9. The van der Waals surface area contributed by atoms with E-state index in [0.29, 0.717) is 0 Å². The van der Waals surface area contributed by atoms with E-state index in [4.69, 9.17) is 10.6 Å². The van der Waals surface area contributed by atoms with E-state index in [1.54, 1.807) is 0 Å². The molecule has 3 nitrogen and oxygen atoms in total. The molecule has 16 heavy (non-hydrogen) atoms. The standard InChI is InChI=1S/C12H17BrN2O/c1-9(14)12(15-6-3-7-16-15)10-4-2-5-11(13)8-10/h2,4-5,8-9,12H,3,6-7,14H2,1H3. The number of nitrogens with two attached hydrogens (primary N) is 1. The van der Waals surface area contributed by atoms with Gasteiger partial charge in [-0.05, 0) is 31.0 Å². The van der Waals surface area contributed by atoms with Gasteiger partial charge in [0.15, 0.2) is 0 Å². The first-order valence-electron chi connectivity index (χ1n) is 5.59. The Morgan fingerprint density at radius 1 is 1.50 bits per heavy atom. The highest BCUT2D eigenvalue weighted by atomic mass is 79.9. The largest absolute Gasteiger partial charge is 0.326 e. The highest BCUT2D eigenvalue weighted by Crippen LogP contribution is 2.28. The minimum Gasteiger partial charge on any atom is -0.326 e. The van der Waals surface area contributed by atoms with Gasteiger partial charge in [0.25, 0.3) is 0 Å². The lowest BCUT2D eigenvalue weighted by atomic mass is 10.0. The second-order valence-electron chi connectivity index (χ2n) is 4.19. The molecular formula is C12H17BrN2O. The quantitative estimate of drug-likeness (QED) is 0.927. The minimum atomic E-state index is 0.0485. The zero-order chi connectivity index (χ0) is 11.5. The maximum absolute atomic E-state index is 6.06. The molecule has 0 amide bonds. The van der Waals surface area contributed by atoms with Gasteiger partial charge in [0.2, 0.25) is 0 Å². The average molecular weight is 285 g/mol. The Labute approximate surface area is 105 Å². The SMILES string of the molecule is CC(N)C(c1cccc(Br)c1)N1CCCO1. The summed E-state index contributed by atoms with van der Waals surface area (Å²) < 4.78 is 1.08. The van der Waals surface area contributed by atoms with Gasteiger partial charge in [0.1, 0.15) is 0 Å². The summed E-state index contributed by atoms with van der Waals surface area (Å²) in [4.78, 5) is 5.61. The van der Waals surface area contributed by atoms with Gasteiger partial charge in [0, 0.05) is 17.1 Å². The Kier molecular flexibility index (Phi) is 3.97. The van der Waals surface area contributed by atoms with Gasteiger partial charge in [-0.1, -0.05) is 28.1 Å². The second kappa shape index (κ2) is 5.27. The first-order valence-corrected chi connectivity index (χ1v) is 6.38. The molecule has 0 spiro atoms. The molecule has 0 radical (unpaired) electrons. The van der Waals surface area contributed by atoms with Crippen LogP contribution in [0.5, 0.6) is 0 Å². The molecule has 0 aromatic heterocycles. The smallest absolute Gasteiger partial charge is 0.0750 e. The molecular weight excluding hydrogens is 268 g/mol. The zero-order valence-electron chi connectivity index (χ0n) is 9.40. The van der Waals surface area contributed by atoms with Crippen molar-refractivity contribution in [2.45, 2.75) is 25.4 Å². The monoisotopic (exact) mass is 284 g/mol. The van der Waals surface area contributed by atoms with Gasteiger partial charge in [-0.15, -0.1) is 0 Å². The van der Waals surface area contributed by atoms with E-state index in [1.807, 2.05) is 24.1 Å². The second-order valence-corrected chi connectivity index (χ2v) is 5.10. The molecule has 2 atom stereocenters. The van der Waals surface area contributed by atoms with E-state index in [1.165, 1.54) is 5.56 Å². The van der Waals surface area contributed by atoms with E-state index in [9.17, 15) is 0 Å². The van der Waals surface area contributed by atoms with Crippen LogP contribution in [-0.2, 0) is 4.84 Å². The maximum atomic E-state index is 6.06. The van der Waals surface area contributed by atoms with Crippen molar-refractivity contribution in [3.05, 3.63) is 34.3 Å². The summed E-state index contributed by atoms with van der Waals surface area (Å²) in [5, 5.41) is 2.01. The van der Waals surface area contributed by atoms with Gasteiger partial charge in [-0.25, -0.2) is 0 Å². The van der Waals surface area contributed by atoms with Crippen LogP contribution < -0.4 is 5.73 Å². The predicted octanol–water partition coefficient (Wildman–Crippen LogP) is 2.47. The number of rotatable bonds is 3. The molecule has 1 heterocycles. The molecule has 0 bridgehead atoms. The third kappa shape index (κ3) is 2.63. The van der Waals surface area contributed by atoms with Crippen LogP contribution in [0.4, 0.5) is 0 Å². The van der Waals surface area contributed by atoms with Crippen molar-refractivity contribution in [2.75, 3.05) is 13.2 Å². The molecule has 1 fully saturated rings. The molecule has 88 valence electrons. The third-order valence-electron chi connectivity index (χ3n) is 2.78. The van der Waals surface area contributed by atoms with Crippen molar-refractivity contribution in [2.24, 2.45) is 5.73 Å². The Bertz CT molecular complexity index is 351. The number of nitrogens with zero attached hydrogens (tertiary/aromatic N) is 1. The first-order chi connectivity index (χ1) is 7.68. The van der Waals surface area contributed by atoms with Crippen molar-refractivity contribution < 1.29 is 4.84 Å². The van der Waals surface area contributed by atoms with Crippen LogP contribution >= 0.6 is 15.9 Å². The van der Waals surface area contributed by atoms with Crippen LogP contribution in [0, 0.1) is 0 Å². The number of hydrogen-bond donors (Lipinski definition) is 1. The third-order valence-corrected chi connectivity index (χ3v) is 3.27. The summed E-state index contributed by atoms with van der Waals surface area (Å²) in [7, 11) is 0. The summed E-state index contributed by atoms with van der Waals surface area (Å²) in [6.07, 6.45) is 1.08. The molecule has 4 heteroatoms. The summed E-state index contributed by atoms with van der Waals surface area (Å²) in [6.45, 7) is 3.78. The highest BCUT2D eigenvalue weighted by Gasteiger charge is 2.27. The highest BCUT2D eigenvalue weighted by molar-refractivity contribution is 9.10. The van der Waals surface area contributed by atoms with Gasteiger partial charge < -0.3 is 5.73 Å². The van der Waals surface area contributed by atoms with E-state index < -0.39 is 0 Å². The minimum absolute atomic E-state index is 0.0485. The molecule has 1 aliphatic heterocycles. The van der Waals surface area contributed by atoms with E-state index >= 15 is 0 Å². The Hall–Kier alpha value is -0.420. The molecule has 1 saturated heterocycles. The number of hydrogen-bond acceptors (Lipinski definition) is 3. The fraction of sp³-hybridized carbons (Fsp3) is 0.500. The molecule has 1 aliphatic rings. The number of benzene rings is 1. The van der Waals surface area contributed by atoms with E-state index in [0.717, 1.165) is 24.0 Å². The van der Waals surface area contributed by atoms with Gasteiger partial charge in [-0.2, -0.15) is 5.06 Å². The summed E-state index contributed by atoms with van der Waals surface area (Å²) in [5.74, 6) is 0. The van der Waals surface area contributed by atoms with Crippen molar-refractivity contribution in [1.29, 1.82) is 0 Å². The van der Waals surface area contributed by atoms with Gasteiger partial charge in [-0.3, -0.25) is 4.84 Å². The van der Waals surface area contributed by atoms with Crippen LogP contribution in [0.1, 0.15) is 24.9 Å². The molecule has 2 unspecified atom stereocenters. The van der Waals surface area contributed by atoms with E-state index in [2.05, 4.69) is 28.1 Å². The van der Waals surface area contributed by atoms with Crippen LogP contribution in [0.2, 0.25) is 0 Å². The molecule has 2 N–H and O–H groups in total. The summed E-state index contributed by atoms with van der Waals surface area (Å²) >= 11 is 3.49. The van der Waals surface area contributed by atoms with Gasteiger partial charge >= 0.3 is 0 Å². The molecule has 0 saturated carbocycles. The Morgan fingerprint density at radius 2 is 2.31 bits per heavy atom. The van der Waals surface area contributed by atoms with Crippen LogP contribution in [0.3, 0.4) is 0 Å². The van der Waals surface area contributed by atoms with Crippen LogP contribution in [0.25, 0.3) is 0 Å². The lowest BCUT2D eigenvalue weighted by Gasteiger charge is -2.29. The predicted molar refractivity (Wildman–Crippen MR) is 67.8 cm³/mol. The van der Waals surface area contributed by atoms with E-state index in [-0.39, 0.29) is 12.1 Å². The van der Waals surface area contributed by atoms with Gasteiger partial charge in [0.05, 0.1) is 12.6 Å². The number of hydroxylamine groups is 2. The lowest BCUT2D eigenvalue weighted by molar-refractivity contribution is -0.147. The topological polar surface area (TPSA) is 38.5 Å². The lowest BCUT2D eigenvalue weighted by Crippen LogP contribution is -2.37. The van der Waals surface area contributed by atoms with Crippen molar-refractivity contribution >= 4 is 15.9 Å². The van der Waals surface area contributed by atoms with Crippen LogP contribution in [0.15, 0.2) is 28.7 Å². The molecule has 2 rings (SSSR count). The molecule has 1 aromatic rings. The van der Waals surface area contributed by atoms with Crippen molar-refractivity contribution in [3.63, 3.8) is 0 Å². The zero-order valence-corrected chi connectivity index (χ0v) is 11.0.